The summed E-state index contributed by atoms with van der Waals surface area (Å²) in [6.45, 7) is 0. The van der Waals surface area contributed by atoms with E-state index in [9.17, 15) is 20.4 Å². The lowest BCUT2D eigenvalue weighted by Crippen LogP contribution is -2.30. The Balaban J connectivity index is 1.99. The fourth-order valence-corrected chi connectivity index (χ4v) is 2.57. The zero-order valence-corrected chi connectivity index (χ0v) is 11.9. The lowest BCUT2D eigenvalue weighted by Gasteiger charge is -2.31. The highest BCUT2D eigenvalue weighted by Crippen LogP contribution is 2.42. The molecule has 0 spiro atoms. The van der Waals surface area contributed by atoms with Gasteiger partial charge in [0.2, 0.25) is 0 Å². The molecule has 6 heteroatoms. The van der Waals surface area contributed by atoms with Crippen LogP contribution < -0.4 is 9.47 Å². The van der Waals surface area contributed by atoms with E-state index < -0.39 is 12.2 Å². The van der Waals surface area contributed by atoms with Crippen molar-refractivity contribution in [2.24, 2.45) is 0 Å². The number of hydrogen-bond acceptors (Lipinski definition) is 6. The smallest absolute Gasteiger partial charge is 0.157 e. The van der Waals surface area contributed by atoms with Crippen molar-refractivity contribution in [1.82, 2.24) is 0 Å². The zero-order valence-electron chi connectivity index (χ0n) is 11.9. The molecule has 4 N–H and O–H groups in total. The standard InChI is InChI=1S/C16H16O6/c1-21-9-5-12(18)10-7-14(20)16(22-15(10)6-9)8-2-3-11(17)13(19)4-8/h2-6,14,16-20H,7H2,1H3/t14-,16?/m1/s1. The van der Waals surface area contributed by atoms with Gasteiger partial charge < -0.3 is 29.9 Å². The van der Waals surface area contributed by atoms with Crippen LogP contribution in [-0.4, -0.2) is 33.6 Å². The molecule has 1 aliphatic heterocycles. The highest BCUT2D eigenvalue weighted by molar-refractivity contribution is 5.52. The molecule has 0 aromatic heterocycles. The SMILES string of the molecule is COc1cc(O)c2c(c1)OC(c1ccc(O)c(O)c1)[C@H](O)C2. The highest BCUT2D eigenvalue weighted by atomic mass is 16.5. The highest BCUT2D eigenvalue weighted by Gasteiger charge is 2.32. The van der Waals surface area contributed by atoms with Crippen LogP contribution >= 0.6 is 0 Å². The van der Waals surface area contributed by atoms with Crippen molar-refractivity contribution in [2.45, 2.75) is 18.6 Å². The second-order valence-electron chi connectivity index (χ2n) is 5.18. The maximum Gasteiger partial charge on any atom is 0.157 e. The summed E-state index contributed by atoms with van der Waals surface area (Å²) in [6.07, 6.45) is -1.40. The van der Waals surface area contributed by atoms with Crippen LogP contribution in [0.4, 0.5) is 0 Å². The fraction of sp³-hybridized carbons (Fsp3) is 0.250. The molecule has 2 aromatic carbocycles. The molecule has 2 atom stereocenters. The van der Waals surface area contributed by atoms with Gasteiger partial charge in [-0.15, -0.1) is 0 Å². The number of rotatable bonds is 2. The Kier molecular flexibility index (Phi) is 3.46. The van der Waals surface area contributed by atoms with E-state index in [1.54, 1.807) is 12.1 Å². The van der Waals surface area contributed by atoms with Gasteiger partial charge in [-0.25, -0.2) is 0 Å². The average molecular weight is 304 g/mol. The molecular weight excluding hydrogens is 288 g/mol. The number of fused-ring (bicyclic) bond motifs is 1. The molecular formula is C16H16O6. The van der Waals surface area contributed by atoms with E-state index in [0.717, 1.165) is 0 Å². The van der Waals surface area contributed by atoms with Crippen LogP contribution in [0.1, 0.15) is 17.2 Å². The predicted molar refractivity (Wildman–Crippen MR) is 77.5 cm³/mol. The van der Waals surface area contributed by atoms with Crippen molar-refractivity contribution < 1.29 is 29.9 Å². The van der Waals surface area contributed by atoms with Gasteiger partial charge in [-0.2, -0.15) is 0 Å². The Labute approximate surface area is 126 Å². The number of benzene rings is 2. The van der Waals surface area contributed by atoms with E-state index in [4.69, 9.17) is 9.47 Å². The van der Waals surface area contributed by atoms with E-state index >= 15 is 0 Å². The summed E-state index contributed by atoms with van der Waals surface area (Å²) in [5.74, 6) is 0.335. The van der Waals surface area contributed by atoms with Gasteiger partial charge in [0.25, 0.3) is 0 Å². The molecule has 1 heterocycles. The van der Waals surface area contributed by atoms with Gasteiger partial charge in [-0.05, 0) is 17.7 Å². The van der Waals surface area contributed by atoms with Crippen LogP contribution in [-0.2, 0) is 6.42 Å². The first kappa shape index (κ1) is 14.3. The summed E-state index contributed by atoms with van der Waals surface area (Å²) in [5.41, 5.74) is 1.03. The number of phenols is 3. The minimum atomic E-state index is -0.893. The quantitative estimate of drug-likeness (QED) is 0.632. The molecule has 1 unspecified atom stereocenters. The lowest BCUT2D eigenvalue weighted by molar-refractivity contribution is 0.0197. The normalized spacial score (nSPS) is 20.1. The van der Waals surface area contributed by atoms with Crippen LogP contribution in [0.2, 0.25) is 0 Å². The summed E-state index contributed by atoms with van der Waals surface area (Å²) in [4.78, 5) is 0. The largest absolute Gasteiger partial charge is 0.507 e. The second-order valence-corrected chi connectivity index (χ2v) is 5.18. The monoisotopic (exact) mass is 304 g/mol. The van der Waals surface area contributed by atoms with Gasteiger partial charge in [-0.1, -0.05) is 6.07 Å². The fourth-order valence-electron chi connectivity index (χ4n) is 2.57. The summed E-state index contributed by atoms with van der Waals surface area (Å²) < 4.78 is 10.9. The molecule has 0 saturated heterocycles. The third-order valence-electron chi connectivity index (χ3n) is 3.74. The molecule has 116 valence electrons. The van der Waals surface area contributed by atoms with Gasteiger partial charge in [0.15, 0.2) is 11.5 Å². The number of ether oxygens (including phenoxy) is 2. The molecule has 3 rings (SSSR count). The van der Waals surface area contributed by atoms with Gasteiger partial charge in [0.05, 0.1) is 13.2 Å². The Bertz CT molecular complexity index is 712. The van der Waals surface area contributed by atoms with Crippen LogP contribution in [0.25, 0.3) is 0 Å². The second kappa shape index (κ2) is 5.31. The van der Waals surface area contributed by atoms with E-state index in [2.05, 4.69) is 0 Å². The summed E-state index contributed by atoms with van der Waals surface area (Å²) >= 11 is 0. The van der Waals surface area contributed by atoms with Crippen LogP contribution in [0.5, 0.6) is 28.7 Å². The van der Waals surface area contributed by atoms with Crippen LogP contribution in [0.15, 0.2) is 30.3 Å². The first-order chi connectivity index (χ1) is 10.5. The van der Waals surface area contributed by atoms with E-state index in [-0.39, 0.29) is 23.7 Å². The maximum absolute atomic E-state index is 10.3. The molecule has 0 fully saturated rings. The molecule has 0 aliphatic carbocycles. The average Bonchev–Trinajstić information content (AvgIpc) is 2.50. The van der Waals surface area contributed by atoms with Crippen molar-refractivity contribution in [2.75, 3.05) is 7.11 Å². The molecule has 0 amide bonds. The lowest BCUT2D eigenvalue weighted by atomic mass is 9.94. The first-order valence-corrected chi connectivity index (χ1v) is 6.76. The Morgan fingerprint density at radius 3 is 2.50 bits per heavy atom. The number of methoxy groups -OCH3 is 1. The van der Waals surface area contributed by atoms with Gasteiger partial charge in [0.1, 0.15) is 23.4 Å². The summed E-state index contributed by atoms with van der Waals surface area (Å²) in [7, 11) is 1.48. The van der Waals surface area contributed by atoms with Crippen molar-refractivity contribution in [1.29, 1.82) is 0 Å². The first-order valence-electron chi connectivity index (χ1n) is 6.76. The Morgan fingerprint density at radius 2 is 1.82 bits per heavy atom. The third kappa shape index (κ3) is 2.37. The number of aliphatic hydroxyl groups is 1. The minimum Gasteiger partial charge on any atom is -0.507 e. The van der Waals surface area contributed by atoms with Gasteiger partial charge in [-0.3, -0.25) is 0 Å². The van der Waals surface area contributed by atoms with E-state index in [1.807, 2.05) is 0 Å². The molecule has 0 saturated carbocycles. The Morgan fingerprint density at radius 1 is 1.05 bits per heavy atom. The number of aliphatic hydroxyl groups excluding tert-OH is 1. The Hall–Kier alpha value is -2.60. The van der Waals surface area contributed by atoms with E-state index in [0.29, 0.717) is 22.6 Å². The number of phenolic OH excluding ortho intramolecular Hbond substituents is 3. The molecule has 0 bridgehead atoms. The molecule has 1 aliphatic rings. The minimum absolute atomic E-state index is 0.000373. The van der Waals surface area contributed by atoms with Crippen LogP contribution in [0.3, 0.4) is 0 Å². The van der Waals surface area contributed by atoms with Crippen molar-refractivity contribution in [3.05, 3.63) is 41.5 Å². The van der Waals surface area contributed by atoms with Crippen molar-refractivity contribution in [3.63, 3.8) is 0 Å². The van der Waals surface area contributed by atoms with Crippen molar-refractivity contribution in [3.8, 4) is 28.7 Å². The predicted octanol–water partition coefficient (Wildman–Crippen LogP) is 1.85. The molecule has 6 nitrogen and oxygen atoms in total. The zero-order chi connectivity index (χ0) is 15.9. The van der Waals surface area contributed by atoms with Crippen LogP contribution in [0, 0.1) is 0 Å². The van der Waals surface area contributed by atoms with Gasteiger partial charge in [0, 0.05) is 24.1 Å². The molecule has 0 radical (unpaired) electrons. The maximum atomic E-state index is 10.3. The summed E-state index contributed by atoms with van der Waals surface area (Å²) in [6, 6.07) is 7.33. The van der Waals surface area contributed by atoms with E-state index in [1.165, 1.54) is 25.3 Å². The number of hydrogen-bond donors (Lipinski definition) is 4. The van der Waals surface area contributed by atoms with Crippen molar-refractivity contribution >= 4 is 0 Å². The van der Waals surface area contributed by atoms with Gasteiger partial charge >= 0.3 is 0 Å². The molecule has 22 heavy (non-hydrogen) atoms. The number of aromatic hydroxyl groups is 3. The summed E-state index contributed by atoms with van der Waals surface area (Å²) in [5, 5.41) is 39.2. The molecule has 2 aromatic rings. The topological polar surface area (TPSA) is 99.4 Å². The third-order valence-corrected chi connectivity index (χ3v) is 3.74.